The predicted molar refractivity (Wildman–Crippen MR) is 130 cm³/mol. The Labute approximate surface area is 202 Å². The van der Waals surface area contributed by atoms with Gasteiger partial charge in [-0.05, 0) is 42.3 Å². The number of methoxy groups -OCH3 is 1. The molecule has 8 nitrogen and oxygen atoms in total. The second-order valence-electron chi connectivity index (χ2n) is 8.03. The number of benzene rings is 3. The topological polar surface area (TPSA) is 89.4 Å². The van der Waals surface area contributed by atoms with E-state index in [4.69, 9.17) is 4.74 Å². The Morgan fingerprint density at radius 1 is 1.09 bits per heavy atom. The Morgan fingerprint density at radius 3 is 2.57 bits per heavy atom. The molecule has 0 saturated carbocycles. The molecule has 0 fully saturated rings. The number of nitrogens with one attached hydrogen (secondary N) is 1. The Morgan fingerprint density at radius 2 is 1.83 bits per heavy atom. The van der Waals surface area contributed by atoms with Gasteiger partial charge in [0.1, 0.15) is 23.9 Å². The molecule has 1 atom stereocenters. The summed E-state index contributed by atoms with van der Waals surface area (Å²) in [5, 5.41) is 11.0. The van der Waals surface area contributed by atoms with Crippen molar-refractivity contribution in [2.24, 2.45) is 0 Å². The first-order valence-electron chi connectivity index (χ1n) is 11.2. The molecule has 2 amide bonds. The van der Waals surface area contributed by atoms with Gasteiger partial charge in [0.05, 0.1) is 12.1 Å². The SMILES string of the molecule is COCCNC(=O)[C@H](c1ccccc1)N(C(=O)Cn1nnc2ccccc21)c1ccc(C)c(F)c1. The van der Waals surface area contributed by atoms with Crippen molar-refractivity contribution in [2.75, 3.05) is 25.2 Å². The lowest BCUT2D eigenvalue weighted by molar-refractivity contribution is -0.127. The number of nitrogens with zero attached hydrogens (tertiary/aromatic N) is 4. The van der Waals surface area contributed by atoms with E-state index in [1.165, 1.54) is 22.8 Å². The lowest BCUT2D eigenvalue weighted by Gasteiger charge is -2.31. The van der Waals surface area contributed by atoms with Crippen molar-refractivity contribution in [3.8, 4) is 0 Å². The smallest absolute Gasteiger partial charge is 0.249 e. The van der Waals surface area contributed by atoms with Gasteiger partial charge in [0.25, 0.3) is 0 Å². The lowest BCUT2D eigenvalue weighted by atomic mass is 10.0. The van der Waals surface area contributed by atoms with Crippen LogP contribution in [0.15, 0.2) is 72.8 Å². The van der Waals surface area contributed by atoms with Crippen molar-refractivity contribution >= 4 is 28.5 Å². The first-order valence-corrected chi connectivity index (χ1v) is 11.2. The third-order valence-electron chi connectivity index (χ3n) is 5.63. The van der Waals surface area contributed by atoms with E-state index in [-0.39, 0.29) is 18.8 Å². The molecule has 1 aromatic heterocycles. The van der Waals surface area contributed by atoms with Gasteiger partial charge in [-0.15, -0.1) is 5.10 Å². The third kappa shape index (κ3) is 5.36. The first kappa shape index (κ1) is 24.0. The molecule has 4 rings (SSSR count). The average molecular weight is 476 g/mol. The first-order chi connectivity index (χ1) is 17.0. The van der Waals surface area contributed by atoms with E-state index in [1.807, 2.05) is 24.3 Å². The number of carbonyl (C=O) groups excluding carboxylic acids is 2. The Kier molecular flexibility index (Phi) is 7.47. The van der Waals surface area contributed by atoms with E-state index in [9.17, 15) is 14.0 Å². The number of halogens is 1. The maximum atomic E-state index is 14.6. The van der Waals surface area contributed by atoms with Crippen LogP contribution in [0, 0.1) is 12.7 Å². The number of hydrogen-bond donors (Lipinski definition) is 1. The van der Waals surface area contributed by atoms with Crippen LogP contribution >= 0.6 is 0 Å². The van der Waals surface area contributed by atoms with Crippen LogP contribution < -0.4 is 10.2 Å². The van der Waals surface area contributed by atoms with Crippen LogP contribution in [0.3, 0.4) is 0 Å². The second-order valence-corrected chi connectivity index (χ2v) is 8.03. The number of ether oxygens (including phenoxy) is 1. The highest BCUT2D eigenvalue weighted by atomic mass is 19.1. The largest absolute Gasteiger partial charge is 0.383 e. The number of carbonyl (C=O) groups is 2. The molecule has 0 bridgehead atoms. The summed E-state index contributed by atoms with van der Waals surface area (Å²) < 4.78 is 21.1. The molecule has 0 aliphatic carbocycles. The van der Waals surface area contributed by atoms with Gasteiger partial charge in [-0.3, -0.25) is 14.5 Å². The van der Waals surface area contributed by atoms with E-state index >= 15 is 0 Å². The fraction of sp³-hybridized carbons (Fsp3) is 0.231. The van der Waals surface area contributed by atoms with E-state index in [0.29, 0.717) is 28.8 Å². The number of amides is 2. The van der Waals surface area contributed by atoms with Crippen molar-refractivity contribution in [3.05, 3.63) is 89.7 Å². The summed E-state index contributed by atoms with van der Waals surface area (Å²) >= 11 is 0. The monoisotopic (exact) mass is 475 g/mol. The summed E-state index contributed by atoms with van der Waals surface area (Å²) in [5.41, 5.74) is 2.60. The molecule has 0 spiro atoms. The highest BCUT2D eigenvalue weighted by Gasteiger charge is 2.33. The number of para-hydroxylation sites is 1. The van der Waals surface area contributed by atoms with Crippen molar-refractivity contribution in [1.82, 2.24) is 20.3 Å². The number of aromatic nitrogens is 3. The van der Waals surface area contributed by atoms with Gasteiger partial charge in [0.2, 0.25) is 11.8 Å². The standard InChI is InChI=1S/C26H26FN5O3/c1-18-12-13-20(16-21(18)27)32(24(33)17-31-23-11-7-6-10-22(23)29-30-31)25(19-8-4-3-5-9-19)26(34)28-14-15-35-2/h3-13,16,25H,14-15,17H2,1-2H3,(H,28,34)/t25-/m0/s1. The minimum Gasteiger partial charge on any atom is -0.383 e. The van der Waals surface area contributed by atoms with Crippen molar-refractivity contribution in [3.63, 3.8) is 0 Å². The molecule has 9 heteroatoms. The molecule has 0 unspecified atom stereocenters. The minimum absolute atomic E-state index is 0.190. The molecule has 1 heterocycles. The third-order valence-corrected chi connectivity index (χ3v) is 5.63. The summed E-state index contributed by atoms with van der Waals surface area (Å²) in [6, 6.07) is 19.6. The minimum atomic E-state index is -1.04. The zero-order chi connectivity index (χ0) is 24.8. The van der Waals surface area contributed by atoms with Crippen molar-refractivity contribution in [1.29, 1.82) is 0 Å². The molecule has 0 aliphatic rings. The molecule has 0 radical (unpaired) electrons. The van der Waals surface area contributed by atoms with Crippen LogP contribution in [0.4, 0.5) is 10.1 Å². The Bertz CT molecular complexity index is 1330. The summed E-state index contributed by atoms with van der Waals surface area (Å²) in [7, 11) is 1.54. The molecule has 180 valence electrons. The zero-order valence-electron chi connectivity index (χ0n) is 19.5. The highest BCUT2D eigenvalue weighted by molar-refractivity contribution is 6.01. The maximum Gasteiger partial charge on any atom is 0.249 e. The molecule has 0 aliphatic heterocycles. The second kappa shape index (κ2) is 10.9. The summed E-state index contributed by atoms with van der Waals surface area (Å²) in [6.07, 6.45) is 0. The van der Waals surface area contributed by atoms with Crippen LogP contribution in [-0.2, 0) is 20.9 Å². The summed E-state index contributed by atoms with van der Waals surface area (Å²) in [4.78, 5) is 28.5. The van der Waals surface area contributed by atoms with Crippen LogP contribution in [0.1, 0.15) is 17.2 Å². The Hall–Kier alpha value is -4.11. The van der Waals surface area contributed by atoms with Gasteiger partial charge in [0, 0.05) is 19.3 Å². The van der Waals surface area contributed by atoms with E-state index in [2.05, 4.69) is 15.6 Å². The number of anilines is 1. The lowest BCUT2D eigenvalue weighted by Crippen LogP contribution is -2.46. The molecule has 1 N–H and O–H groups in total. The van der Waals surface area contributed by atoms with Gasteiger partial charge in [-0.1, -0.05) is 53.7 Å². The molecule has 4 aromatic rings. The molecule has 3 aromatic carbocycles. The molecular formula is C26H26FN5O3. The Balaban J connectivity index is 1.78. The number of hydrogen-bond acceptors (Lipinski definition) is 5. The predicted octanol–water partition coefficient (Wildman–Crippen LogP) is 3.42. The van der Waals surface area contributed by atoms with Crippen molar-refractivity contribution in [2.45, 2.75) is 19.5 Å². The van der Waals surface area contributed by atoms with E-state index in [1.54, 1.807) is 49.4 Å². The van der Waals surface area contributed by atoms with Gasteiger partial charge in [-0.2, -0.15) is 0 Å². The van der Waals surface area contributed by atoms with Gasteiger partial charge >= 0.3 is 0 Å². The number of fused-ring (bicyclic) bond motifs is 1. The summed E-state index contributed by atoms with van der Waals surface area (Å²) in [5.74, 6) is -1.33. The van der Waals surface area contributed by atoms with Crippen LogP contribution in [-0.4, -0.2) is 47.1 Å². The van der Waals surface area contributed by atoms with Gasteiger partial charge in [-0.25, -0.2) is 9.07 Å². The van der Waals surface area contributed by atoms with Crippen molar-refractivity contribution < 1.29 is 18.7 Å². The molecular weight excluding hydrogens is 449 g/mol. The number of rotatable bonds is 9. The molecule has 35 heavy (non-hydrogen) atoms. The fourth-order valence-electron chi connectivity index (χ4n) is 3.83. The highest BCUT2D eigenvalue weighted by Crippen LogP contribution is 2.30. The number of aryl methyl sites for hydroxylation is 1. The van der Waals surface area contributed by atoms with E-state index in [0.717, 1.165) is 0 Å². The van der Waals surface area contributed by atoms with Crippen LogP contribution in [0.2, 0.25) is 0 Å². The quantitative estimate of drug-likeness (QED) is 0.375. The van der Waals surface area contributed by atoms with Crippen LogP contribution in [0.5, 0.6) is 0 Å². The molecule has 0 saturated heterocycles. The fourth-order valence-corrected chi connectivity index (χ4v) is 3.83. The normalized spacial score (nSPS) is 11.9. The summed E-state index contributed by atoms with van der Waals surface area (Å²) in [6.45, 7) is 2.02. The van der Waals surface area contributed by atoms with Crippen LogP contribution in [0.25, 0.3) is 11.0 Å². The van der Waals surface area contributed by atoms with Gasteiger partial charge in [0.15, 0.2) is 0 Å². The maximum absolute atomic E-state index is 14.6. The van der Waals surface area contributed by atoms with E-state index < -0.39 is 23.7 Å². The van der Waals surface area contributed by atoms with Gasteiger partial charge < -0.3 is 10.1 Å². The zero-order valence-corrected chi connectivity index (χ0v) is 19.5. The average Bonchev–Trinajstić information content (AvgIpc) is 3.27.